The van der Waals surface area contributed by atoms with Crippen LogP contribution in [-0.2, 0) is 0 Å². The highest BCUT2D eigenvalue weighted by Crippen LogP contribution is 2.25. The third kappa shape index (κ3) is 3.77. The fourth-order valence-corrected chi connectivity index (χ4v) is 2.50. The smallest absolute Gasteiger partial charge is 0.267 e. The maximum absolute atomic E-state index is 9.33. The Balaban J connectivity index is 1.55. The third-order valence-corrected chi connectivity index (χ3v) is 3.84. The molecule has 0 saturated carbocycles. The van der Waals surface area contributed by atoms with E-state index in [-0.39, 0.29) is 5.75 Å². The minimum absolute atomic E-state index is 0.175. The molecule has 0 aliphatic rings. The Morgan fingerprint density at radius 2 is 1.67 bits per heavy atom. The summed E-state index contributed by atoms with van der Waals surface area (Å²) in [4.78, 5) is 13.3. The second-order valence-corrected chi connectivity index (χ2v) is 5.83. The Hall–Kier alpha value is -3.74. The average molecular weight is 360 g/mol. The van der Waals surface area contributed by atoms with Crippen molar-refractivity contribution in [2.45, 2.75) is 13.0 Å². The van der Waals surface area contributed by atoms with E-state index in [1.807, 2.05) is 43.3 Å². The zero-order valence-electron chi connectivity index (χ0n) is 14.5. The fraction of sp³-hybridized carbons (Fsp3) is 0.100. The predicted molar refractivity (Wildman–Crippen MR) is 97.9 cm³/mol. The van der Waals surface area contributed by atoms with E-state index in [2.05, 4.69) is 20.1 Å². The number of pyridine rings is 2. The molecule has 0 fully saturated rings. The molecular formula is C20H16N4O3. The molecule has 0 aliphatic heterocycles. The van der Waals surface area contributed by atoms with Gasteiger partial charge in [-0.1, -0.05) is 17.3 Å². The fourth-order valence-electron chi connectivity index (χ4n) is 2.50. The molecule has 0 saturated heterocycles. The molecule has 4 aromatic rings. The zero-order valence-corrected chi connectivity index (χ0v) is 14.5. The molecule has 0 unspecified atom stereocenters. The summed E-state index contributed by atoms with van der Waals surface area (Å²) in [6, 6.07) is 17.7. The molecule has 4 rings (SSSR count). The number of ether oxygens (including phenoxy) is 1. The highest BCUT2D eigenvalue weighted by molar-refractivity contribution is 5.59. The first kappa shape index (κ1) is 16.7. The average Bonchev–Trinajstić information content (AvgIpc) is 3.21. The number of aromatic hydroxyl groups is 1. The van der Waals surface area contributed by atoms with Crippen molar-refractivity contribution in [2.75, 3.05) is 0 Å². The molecule has 0 bridgehead atoms. The first-order valence-corrected chi connectivity index (χ1v) is 8.37. The number of phenolic OH excluding ortho intramolecular Hbond substituents is 1. The van der Waals surface area contributed by atoms with Crippen LogP contribution in [0, 0.1) is 0 Å². The van der Waals surface area contributed by atoms with Crippen molar-refractivity contribution in [3.8, 4) is 34.4 Å². The summed E-state index contributed by atoms with van der Waals surface area (Å²) in [7, 11) is 0. The topological polar surface area (TPSA) is 94.2 Å². The summed E-state index contributed by atoms with van der Waals surface area (Å²) in [6.07, 6.45) is 1.27. The number of benzene rings is 1. The van der Waals surface area contributed by atoms with Crippen molar-refractivity contribution in [3.63, 3.8) is 0 Å². The van der Waals surface area contributed by atoms with Crippen molar-refractivity contribution < 1.29 is 14.4 Å². The molecule has 1 atom stereocenters. The Kier molecular flexibility index (Phi) is 4.49. The molecule has 134 valence electrons. The summed E-state index contributed by atoms with van der Waals surface area (Å²) in [5.41, 5.74) is 2.09. The van der Waals surface area contributed by atoms with Crippen LogP contribution < -0.4 is 4.74 Å². The summed E-state index contributed by atoms with van der Waals surface area (Å²) in [5, 5.41) is 13.3. The molecule has 3 aromatic heterocycles. The summed E-state index contributed by atoms with van der Waals surface area (Å²) in [5.74, 6) is 1.48. The van der Waals surface area contributed by atoms with Gasteiger partial charge in [-0.2, -0.15) is 4.98 Å². The number of aromatic nitrogens is 4. The van der Waals surface area contributed by atoms with Gasteiger partial charge in [0.25, 0.3) is 5.89 Å². The van der Waals surface area contributed by atoms with E-state index in [0.29, 0.717) is 23.2 Å². The lowest BCUT2D eigenvalue weighted by atomic mass is 10.2. The SMILES string of the molecule is C[C@H](Oc1ccc(O)cc1)c1nc(-c2cccc(-c3ccccn3)n2)no1. The maximum atomic E-state index is 9.33. The number of nitrogens with zero attached hydrogens (tertiary/aromatic N) is 4. The second kappa shape index (κ2) is 7.25. The van der Waals surface area contributed by atoms with Crippen molar-refractivity contribution >= 4 is 0 Å². The van der Waals surface area contributed by atoms with Gasteiger partial charge >= 0.3 is 0 Å². The molecule has 1 N–H and O–H groups in total. The second-order valence-electron chi connectivity index (χ2n) is 5.83. The van der Waals surface area contributed by atoms with Gasteiger partial charge in [0, 0.05) is 6.20 Å². The van der Waals surface area contributed by atoms with E-state index >= 15 is 0 Å². The molecular weight excluding hydrogens is 344 g/mol. The molecule has 1 aromatic carbocycles. The summed E-state index contributed by atoms with van der Waals surface area (Å²) < 4.78 is 11.1. The van der Waals surface area contributed by atoms with Crippen molar-refractivity contribution in [1.82, 2.24) is 20.1 Å². The number of phenols is 1. The van der Waals surface area contributed by atoms with Gasteiger partial charge in [0.1, 0.15) is 17.2 Å². The first-order valence-electron chi connectivity index (χ1n) is 8.37. The zero-order chi connectivity index (χ0) is 18.6. The normalized spacial score (nSPS) is 11.9. The van der Waals surface area contributed by atoms with Crippen LogP contribution >= 0.6 is 0 Å². The quantitative estimate of drug-likeness (QED) is 0.574. The summed E-state index contributed by atoms with van der Waals surface area (Å²) >= 11 is 0. The Morgan fingerprint density at radius 1 is 0.889 bits per heavy atom. The van der Waals surface area contributed by atoms with Crippen molar-refractivity contribution in [2.24, 2.45) is 0 Å². The minimum atomic E-state index is -0.449. The first-order chi connectivity index (χ1) is 13.2. The molecule has 7 heteroatoms. The van der Waals surface area contributed by atoms with Gasteiger partial charge in [0.15, 0.2) is 6.10 Å². The van der Waals surface area contributed by atoms with Gasteiger partial charge in [0.2, 0.25) is 5.82 Å². The van der Waals surface area contributed by atoms with Gasteiger partial charge in [-0.05, 0) is 55.5 Å². The van der Waals surface area contributed by atoms with E-state index in [4.69, 9.17) is 9.26 Å². The number of hydrogen-bond donors (Lipinski definition) is 1. The van der Waals surface area contributed by atoms with E-state index in [0.717, 1.165) is 11.4 Å². The van der Waals surface area contributed by atoms with Crippen LogP contribution in [-0.4, -0.2) is 25.2 Å². The molecule has 3 heterocycles. The predicted octanol–water partition coefficient (Wildman–Crippen LogP) is 4.04. The Bertz CT molecular complexity index is 1030. The van der Waals surface area contributed by atoms with Crippen molar-refractivity contribution in [3.05, 3.63) is 72.8 Å². The molecule has 0 amide bonds. The van der Waals surface area contributed by atoms with Crippen molar-refractivity contribution in [1.29, 1.82) is 0 Å². The minimum Gasteiger partial charge on any atom is -0.508 e. The van der Waals surface area contributed by atoms with Gasteiger partial charge in [-0.25, -0.2) is 4.98 Å². The number of rotatable bonds is 5. The van der Waals surface area contributed by atoms with Crippen LogP contribution in [0.2, 0.25) is 0 Å². The van der Waals surface area contributed by atoms with Crippen LogP contribution in [0.25, 0.3) is 22.9 Å². The van der Waals surface area contributed by atoms with Crippen LogP contribution in [0.5, 0.6) is 11.5 Å². The van der Waals surface area contributed by atoms with Crippen LogP contribution in [0.3, 0.4) is 0 Å². The van der Waals surface area contributed by atoms with E-state index in [1.165, 1.54) is 0 Å². The molecule has 0 radical (unpaired) electrons. The standard InChI is InChI=1S/C20H16N4O3/c1-13(26-15-10-8-14(25)9-11-15)20-23-19(24-27-20)18-7-4-6-17(22-18)16-5-2-3-12-21-16/h2-13,25H,1H3/t13-/m0/s1. The maximum Gasteiger partial charge on any atom is 0.267 e. The number of hydrogen-bond acceptors (Lipinski definition) is 7. The molecule has 0 aliphatic carbocycles. The van der Waals surface area contributed by atoms with Gasteiger partial charge < -0.3 is 14.4 Å². The molecule has 0 spiro atoms. The van der Waals surface area contributed by atoms with Gasteiger partial charge in [-0.15, -0.1) is 0 Å². The van der Waals surface area contributed by atoms with E-state index < -0.39 is 6.10 Å². The van der Waals surface area contributed by atoms with Crippen LogP contribution in [0.1, 0.15) is 18.9 Å². The molecule has 27 heavy (non-hydrogen) atoms. The lowest BCUT2D eigenvalue weighted by molar-refractivity contribution is 0.175. The third-order valence-electron chi connectivity index (χ3n) is 3.84. The van der Waals surface area contributed by atoms with E-state index in [1.54, 1.807) is 30.5 Å². The van der Waals surface area contributed by atoms with Gasteiger partial charge in [0.05, 0.1) is 11.4 Å². The van der Waals surface area contributed by atoms with Crippen LogP contribution in [0.15, 0.2) is 71.4 Å². The Labute approximate surface area is 155 Å². The summed E-state index contributed by atoms with van der Waals surface area (Å²) in [6.45, 7) is 1.81. The highest BCUT2D eigenvalue weighted by Gasteiger charge is 2.18. The van der Waals surface area contributed by atoms with Crippen LogP contribution in [0.4, 0.5) is 0 Å². The monoisotopic (exact) mass is 360 g/mol. The lowest BCUT2D eigenvalue weighted by Crippen LogP contribution is -2.03. The molecule has 7 nitrogen and oxygen atoms in total. The van der Waals surface area contributed by atoms with Gasteiger partial charge in [-0.3, -0.25) is 4.98 Å². The lowest BCUT2D eigenvalue weighted by Gasteiger charge is -2.10. The highest BCUT2D eigenvalue weighted by atomic mass is 16.5. The largest absolute Gasteiger partial charge is 0.508 e. The Morgan fingerprint density at radius 3 is 2.44 bits per heavy atom. The van der Waals surface area contributed by atoms with E-state index in [9.17, 15) is 5.11 Å².